The van der Waals surface area contributed by atoms with E-state index in [1.54, 1.807) is 0 Å². The molecule has 0 atom stereocenters. The Hall–Kier alpha value is -2.40. The maximum atomic E-state index is 4.39. The lowest BCUT2D eigenvalue weighted by molar-refractivity contribution is 0.223. The van der Waals surface area contributed by atoms with Crippen LogP contribution in [0.15, 0.2) is 49.1 Å². The van der Waals surface area contributed by atoms with Crippen molar-refractivity contribution in [2.24, 2.45) is 0 Å². The molecular formula is C20H25N5. The van der Waals surface area contributed by atoms with E-state index < -0.39 is 0 Å². The molecule has 1 saturated heterocycles. The lowest BCUT2D eigenvalue weighted by Crippen LogP contribution is -2.31. The van der Waals surface area contributed by atoms with Gasteiger partial charge in [-0.05, 0) is 38.9 Å². The molecule has 5 nitrogen and oxygen atoms in total. The van der Waals surface area contributed by atoms with Crippen molar-refractivity contribution in [3.8, 4) is 22.5 Å². The Morgan fingerprint density at radius 1 is 0.960 bits per heavy atom. The Morgan fingerprint density at radius 2 is 1.80 bits per heavy atom. The normalized spacial score (nSPS) is 15.5. The number of piperidine rings is 1. The van der Waals surface area contributed by atoms with Crippen molar-refractivity contribution in [3.05, 3.63) is 49.1 Å². The standard InChI is InChI=1S/C20H25N5/c1-3-8-17(9-4-1)20-18(14-22-23-20)19-15-21-16-25(19)13-7-12-24-10-5-2-6-11-24/h1,3-4,8-9,14-16H,2,5-7,10-13H2,(H,22,23). The number of H-pyrrole nitrogens is 1. The summed E-state index contributed by atoms with van der Waals surface area (Å²) in [4.78, 5) is 6.98. The van der Waals surface area contributed by atoms with Crippen LogP contribution in [0.2, 0.25) is 0 Å². The minimum atomic E-state index is 0.991. The monoisotopic (exact) mass is 335 g/mol. The molecule has 1 fully saturated rings. The molecule has 5 heteroatoms. The molecule has 1 aliphatic rings. The molecule has 0 amide bonds. The van der Waals surface area contributed by atoms with Crippen LogP contribution in [0.5, 0.6) is 0 Å². The van der Waals surface area contributed by atoms with Crippen molar-refractivity contribution >= 4 is 0 Å². The summed E-state index contributed by atoms with van der Waals surface area (Å²) in [5.74, 6) is 0. The summed E-state index contributed by atoms with van der Waals surface area (Å²) in [7, 11) is 0. The van der Waals surface area contributed by atoms with Crippen molar-refractivity contribution in [1.29, 1.82) is 0 Å². The molecule has 1 N–H and O–H groups in total. The maximum Gasteiger partial charge on any atom is 0.0950 e. The van der Waals surface area contributed by atoms with Gasteiger partial charge in [-0.15, -0.1) is 0 Å². The van der Waals surface area contributed by atoms with Gasteiger partial charge in [0.2, 0.25) is 0 Å². The van der Waals surface area contributed by atoms with Gasteiger partial charge in [0.1, 0.15) is 0 Å². The van der Waals surface area contributed by atoms with Gasteiger partial charge in [-0.25, -0.2) is 4.98 Å². The quantitative estimate of drug-likeness (QED) is 0.745. The number of rotatable bonds is 6. The first-order valence-electron chi connectivity index (χ1n) is 9.23. The Morgan fingerprint density at radius 3 is 2.64 bits per heavy atom. The first kappa shape index (κ1) is 16.1. The third-order valence-electron chi connectivity index (χ3n) is 5.01. The summed E-state index contributed by atoms with van der Waals surface area (Å²) >= 11 is 0. The SMILES string of the molecule is c1ccc(-c2[nH]ncc2-c2cncn2CCCN2CCCCC2)cc1. The Bertz CT molecular complexity index is 783. The smallest absolute Gasteiger partial charge is 0.0950 e. The van der Waals surface area contributed by atoms with Gasteiger partial charge in [-0.2, -0.15) is 5.10 Å². The Kier molecular flexibility index (Phi) is 4.93. The van der Waals surface area contributed by atoms with E-state index in [0.29, 0.717) is 0 Å². The molecular weight excluding hydrogens is 310 g/mol. The molecule has 130 valence electrons. The van der Waals surface area contributed by atoms with Crippen LogP contribution in [0.25, 0.3) is 22.5 Å². The van der Waals surface area contributed by atoms with Gasteiger partial charge in [-0.3, -0.25) is 5.10 Å². The molecule has 0 aliphatic carbocycles. The van der Waals surface area contributed by atoms with Gasteiger partial charge < -0.3 is 9.47 Å². The second-order valence-electron chi connectivity index (χ2n) is 6.75. The van der Waals surface area contributed by atoms with Gasteiger partial charge in [0.25, 0.3) is 0 Å². The molecule has 3 aromatic rings. The summed E-state index contributed by atoms with van der Waals surface area (Å²) in [5, 5.41) is 7.42. The predicted molar refractivity (Wildman–Crippen MR) is 100 cm³/mol. The van der Waals surface area contributed by atoms with E-state index in [1.807, 2.05) is 24.8 Å². The maximum absolute atomic E-state index is 4.39. The fraction of sp³-hybridized carbons (Fsp3) is 0.400. The topological polar surface area (TPSA) is 49.7 Å². The summed E-state index contributed by atoms with van der Waals surface area (Å²) in [5.41, 5.74) is 4.45. The lowest BCUT2D eigenvalue weighted by atomic mass is 10.1. The molecule has 2 aromatic heterocycles. The van der Waals surface area contributed by atoms with Crippen LogP contribution in [0.4, 0.5) is 0 Å². The van der Waals surface area contributed by atoms with Crippen LogP contribution in [0.3, 0.4) is 0 Å². The van der Waals surface area contributed by atoms with Crippen molar-refractivity contribution in [3.63, 3.8) is 0 Å². The minimum absolute atomic E-state index is 0.991. The molecule has 0 spiro atoms. The van der Waals surface area contributed by atoms with E-state index in [2.05, 4.69) is 48.9 Å². The molecule has 1 aliphatic heterocycles. The van der Waals surface area contributed by atoms with Gasteiger partial charge in [0.15, 0.2) is 0 Å². The zero-order valence-electron chi connectivity index (χ0n) is 14.6. The lowest BCUT2D eigenvalue weighted by Gasteiger charge is -2.26. The Labute approximate surface area is 148 Å². The highest BCUT2D eigenvalue weighted by molar-refractivity contribution is 5.78. The number of hydrogen-bond donors (Lipinski definition) is 1. The summed E-state index contributed by atoms with van der Waals surface area (Å²) in [6.07, 6.45) is 11.0. The van der Waals surface area contributed by atoms with E-state index in [-0.39, 0.29) is 0 Å². The number of aryl methyl sites for hydroxylation is 1. The molecule has 0 radical (unpaired) electrons. The number of likely N-dealkylation sites (tertiary alicyclic amines) is 1. The second kappa shape index (κ2) is 7.66. The number of imidazole rings is 1. The van der Waals surface area contributed by atoms with E-state index in [0.717, 1.165) is 35.5 Å². The molecule has 0 saturated carbocycles. The average Bonchev–Trinajstić information content (AvgIpc) is 3.32. The fourth-order valence-corrected chi connectivity index (χ4v) is 3.68. The van der Waals surface area contributed by atoms with E-state index in [9.17, 15) is 0 Å². The highest BCUT2D eigenvalue weighted by Gasteiger charge is 2.14. The minimum Gasteiger partial charge on any atom is -0.330 e. The first-order chi connectivity index (χ1) is 12.4. The van der Waals surface area contributed by atoms with Crippen molar-refractivity contribution in [2.75, 3.05) is 19.6 Å². The molecule has 0 unspecified atom stereocenters. The molecule has 0 bridgehead atoms. The number of aromatic nitrogens is 4. The third kappa shape index (κ3) is 3.66. The van der Waals surface area contributed by atoms with E-state index in [1.165, 1.54) is 38.9 Å². The predicted octanol–water partition coefficient (Wildman–Crippen LogP) is 3.82. The Balaban J connectivity index is 1.48. The van der Waals surface area contributed by atoms with Gasteiger partial charge in [-0.1, -0.05) is 36.8 Å². The first-order valence-corrected chi connectivity index (χ1v) is 9.23. The van der Waals surface area contributed by atoms with Gasteiger partial charge >= 0.3 is 0 Å². The van der Waals surface area contributed by atoms with Crippen molar-refractivity contribution < 1.29 is 0 Å². The molecule has 4 rings (SSSR count). The van der Waals surface area contributed by atoms with Crippen LogP contribution in [-0.4, -0.2) is 44.3 Å². The van der Waals surface area contributed by atoms with Gasteiger partial charge in [0.05, 0.1) is 30.1 Å². The second-order valence-corrected chi connectivity index (χ2v) is 6.75. The molecule has 3 heterocycles. The van der Waals surface area contributed by atoms with Gasteiger partial charge in [0, 0.05) is 17.7 Å². The largest absolute Gasteiger partial charge is 0.330 e. The highest BCUT2D eigenvalue weighted by atomic mass is 15.1. The fourth-order valence-electron chi connectivity index (χ4n) is 3.68. The summed E-state index contributed by atoms with van der Waals surface area (Å²) in [6.45, 7) is 4.69. The van der Waals surface area contributed by atoms with E-state index in [4.69, 9.17) is 0 Å². The number of nitrogens with zero attached hydrogens (tertiary/aromatic N) is 4. The summed E-state index contributed by atoms with van der Waals surface area (Å²) < 4.78 is 2.25. The van der Waals surface area contributed by atoms with Crippen molar-refractivity contribution in [2.45, 2.75) is 32.2 Å². The average molecular weight is 335 g/mol. The number of benzene rings is 1. The van der Waals surface area contributed by atoms with Crippen LogP contribution >= 0.6 is 0 Å². The summed E-state index contributed by atoms with van der Waals surface area (Å²) in [6, 6.07) is 10.3. The number of aromatic amines is 1. The number of nitrogens with one attached hydrogen (secondary N) is 1. The third-order valence-corrected chi connectivity index (χ3v) is 5.01. The number of hydrogen-bond acceptors (Lipinski definition) is 3. The molecule has 25 heavy (non-hydrogen) atoms. The van der Waals surface area contributed by atoms with Crippen LogP contribution in [0, 0.1) is 0 Å². The van der Waals surface area contributed by atoms with Crippen molar-refractivity contribution in [1.82, 2.24) is 24.6 Å². The zero-order valence-corrected chi connectivity index (χ0v) is 14.6. The highest BCUT2D eigenvalue weighted by Crippen LogP contribution is 2.29. The van der Waals surface area contributed by atoms with Crippen LogP contribution < -0.4 is 0 Å². The van der Waals surface area contributed by atoms with Crippen LogP contribution in [-0.2, 0) is 6.54 Å². The molecule has 1 aromatic carbocycles. The zero-order chi connectivity index (χ0) is 16.9. The van der Waals surface area contributed by atoms with E-state index >= 15 is 0 Å². The van der Waals surface area contributed by atoms with Crippen LogP contribution in [0.1, 0.15) is 25.7 Å².